The predicted molar refractivity (Wildman–Crippen MR) is 141 cm³/mol. The first-order chi connectivity index (χ1) is 17.0. The molecule has 0 aliphatic heterocycles. The molecule has 35 heavy (non-hydrogen) atoms. The van der Waals surface area contributed by atoms with E-state index in [0.29, 0.717) is 39.5 Å². The molecule has 3 aromatic carbocycles. The normalized spacial score (nSPS) is 10.6. The number of carbonyl (C=O) groups excluding carboxylic acids is 2. The van der Waals surface area contributed by atoms with Gasteiger partial charge in [-0.3, -0.25) is 4.79 Å². The van der Waals surface area contributed by atoms with Gasteiger partial charge in [-0.1, -0.05) is 83.9 Å². The molecule has 4 aromatic rings. The van der Waals surface area contributed by atoms with Crippen LogP contribution in [0.5, 0.6) is 0 Å². The summed E-state index contributed by atoms with van der Waals surface area (Å²) in [5.74, 6) is -0.258. The summed E-state index contributed by atoms with van der Waals surface area (Å²) in [7, 11) is 0. The van der Waals surface area contributed by atoms with Gasteiger partial charge in [0.05, 0.1) is 16.6 Å². The number of thiazole rings is 1. The lowest BCUT2D eigenvalue weighted by Gasteiger charge is -2.22. The molecule has 1 heterocycles. The first kappa shape index (κ1) is 24.7. The van der Waals surface area contributed by atoms with E-state index in [0.717, 1.165) is 11.1 Å². The Morgan fingerprint density at radius 2 is 1.54 bits per heavy atom. The van der Waals surface area contributed by atoms with Crippen LogP contribution in [0.3, 0.4) is 0 Å². The zero-order valence-corrected chi connectivity index (χ0v) is 20.9. The standard InChI is InChI=1S/C26H22Cl2N4O2S/c27-21-12-11-20(13-22(21)28)30-26(34)32(15-19-9-5-2-6-10-19)16-24-31-23(17-35-24)25(33)29-14-18-7-3-1-4-8-18/h1-13,17H,14-16H2,(H,29,33)(H,30,34). The average Bonchev–Trinajstić information content (AvgIpc) is 3.34. The smallest absolute Gasteiger partial charge is 0.322 e. The maximum Gasteiger partial charge on any atom is 0.322 e. The highest BCUT2D eigenvalue weighted by molar-refractivity contribution is 7.09. The molecule has 0 saturated heterocycles. The summed E-state index contributed by atoms with van der Waals surface area (Å²) < 4.78 is 0. The van der Waals surface area contributed by atoms with Crippen LogP contribution in [0.25, 0.3) is 0 Å². The lowest BCUT2D eigenvalue weighted by Crippen LogP contribution is -2.34. The molecule has 178 valence electrons. The maximum atomic E-state index is 13.2. The molecule has 0 atom stereocenters. The minimum Gasteiger partial charge on any atom is -0.347 e. The van der Waals surface area contributed by atoms with E-state index >= 15 is 0 Å². The molecule has 9 heteroatoms. The zero-order chi connectivity index (χ0) is 24.6. The largest absolute Gasteiger partial charge is 0.347 e. The highest BCUT2D eigenvalue weighted by Gasteiger charge is 2.19. The zero-order valence-electron chi connectivity index (χ0n) is 18.6. The van der Waals surface area contributed by atoms with Crippen LogP contribution < -0.4 is 10.6 Å². The molecule has 3 amide bonds. The Bertz CT molecular complexity index is 1300. The van der Waals surface area contributed by atoms with Gasteiger partial charge in [0, 0.05) is 24.2 Å². The Morgan fingerprint density at radius 1 is 0.857 bits per heavy atom. The summed E-state index contributed by atoms with van der Waals surface area (Å²) in [4.78, 5) is 31.8. The molecule has 2 N–H and O–H groups in total. The van der Waals surface area contributed by atoms with E-state index in [4.69, 9.17) is 23.2 Å². The summed E-state index contributed by atoms with van der Waals surface area (Å²) >= 11 is 13.4. The molecular weight excluding hydrogens is 503 g/mol. The molecule has 0 aliphatic carbocycles. The number of halogens is 2. The second kappa shape index (κ2) is 11.8. The summed E-state index contributed by atoms with van der Waals surface area (Å²) in [6.45, 7) is 1.01. The number of anilines is 1. The molecule has 6 nitrogen and oxygen atoms in total. The van der Waals surface area contributed by atoms with Crippen LogP contribution in [0, 0.1) is 0 Å². The van der Waals surface area contributed by atoms with Crippen molar-refractivity contribution in [2.24, 2.45) is 0 Å². The number of amides is 3. The summed E-state index contributed by atoms with van der Waals surface area (Å²) in [6.07, 6.45) is 0. The van der Waals surface area contributed by atoms with E-state index < -0.39 is 0 Å². The Labute approximate surface area is 217 Å². The van der Waals surface area contributed by atoms with Crippen molar-refractivity contribution in [3.8, 4) is 0 Å². The van der Waals surface area contributed by atoms with Gasteiger partial charge in [-0.05, 0) is 29.3 Å². The highest BCUT2D eigenvalue weighted by Crippen LogP contribution is 2.25. The summed E-state index contributed by atoms with van der Waals surface area (Å²) in [5.41, 5.74) is 2.83. The minimum atomic E-state index is -0.322. The fourth-order valence-corrected chi connectivity index (χ4v) is 4.39. The topological polar surface area (TPSA) is 74.3 Å². The van der Waals surface area contributed by atoms with Gasteiger partial charge in [0.15, 0.2) is 0 Å². The Kier molecular flexibility index (Phi) is 8.36. The van der Waals surface area contributed by atoms with Crippen LogP contribution in [0.4, 0.5) is 10.5 Å². The van der Waals surface area contributed by atoms with Gasteiger partial charge in [-0.15, -0.1) is 11.3 Å². The van der Waals surface area contributed by atoms with Crippen molar-refractivity contribution in [2.75, 3.05) is 5.32 Å². The van der Waals surface area contributed by atoms with Gasteiger partial charge in [0.25, 0.3) is 5.91 Å². The lowest BCUT2D eigenvalue weighted by molar-refractivity contribution is 0.0946. The molecule has 0 bridgehead atoms. The van der Waals surface area contributed by atoms with Gasteiger partial charge in [0.2, 0.25) is 0 Å². The van der Waals surface area contributed by atoms with Crippen LogP contribution in [0.15, 0.2) is 84.2 Å². The number of benzene rings is 3. The first-order valence-corrected chi connectivity index (χ1v) is 12.4. The van der Waals surface area contributed by atoms with Crippen molar-refractivity contribution in [3.05, 3.63) is 116 Å². The molecule has 4 rings (SSSR count). The van der Waals surface area contributed by atoms with Gasteiger partial charge in [-0.25, -0.2) is 9.78 Å². The molecule has 0 spiro atoms. The highest BCUT2D eigenvalue weighted by atomic mass is 35.5. The van der Waals surface area contributed by atoms with Crippen LogP contribution in [0.1, 0.15) is 26.6 Å². The monoisotopic (exact) mass is 524 g/mol. The second-order valence-electron chi connectivity index (χ2n) is 7.70. The van der Waals surface area contributed by atoms with E-state index in [1.54, 1.807) is 28.5 Å². The number of hydrogen-bond donors (Lipinski definition) is 2. The third kappa shape index (κ3) is 7.05. The van der Waals surface area contributed by atoms with Crippen molar-refractivity contribution in [1.82, 2.24) is 15.2 Å². The lowest BCUT2D eigenvalue weighted by atomic mass is 10.2. The van der Waals surface area contributed by atoms with E-state index in [1.807, 2.05) is 60.7 Å². The van der Waals surface area contributed by atoms with Gasteiger partial charge in [0.1, 0.15) is 10.7 Å². The SMILES string of the molecule is O=C(NCc1ccccc1)c1csc(CN(Cc2ccccc2)C(=O)Nc2ccc(Cl)c(Cl)c2)n1. The molecule has 0 saturated carbocycles. The number of nitrogens with one attached hydrogen (secondary N) is 2. The third-order valence-corrected chi connectivity index (χ3v) is 6.65. The quantitative estimate of drug-likeness (QED) is 0.272. The van der Waals surface area contributed by atoms with Crippen LogP contribution in [-0.2, 0) is 19.6 Å². The van der Waals surface area contributed by atoms with Gasteiger partial charge in [-0.2, -0.15) is 0 Å². The molecular formula is C26H22Cl2N4O2S. The molecule has 0 aliphatic rings. The fourth-order valence-electron chi connectivity index (χ4n) is 3.30. The first-order valence-electron chi connectivity index (χ1n) is 10.8. The van der Waals surface area contributed by atoms with Gasteiger partial charge < -0.3 is 15.5 Å². The molecule has 0 radical (unpaired) electrons. The maximum absolute atomic E-state index is 13.2. The van der Waals surface area contributed by atoms with Crippen molar-refractivity contribution in [1.29, 1.82) is 0 Å². The fraction of sp³-hybridized carbons (Fsp3) is 0.115. The van der Waals surface area contributed by atoms with E-state index in [1.165, 1.54) is 11.3 Å². The Balaban J connectivity index is 1.45. The number of rotatable bonds is 8. The van der Waals surface area contributed by atoms with Crippen molar-refractivity contribution in [2.45, 2.75) is 19.6 Å². The molecule has 1 aromatic heterocycles. The third-order valence-electron chi connectivity index (χ3n) is 5.08. The number of hydrogen-bond acceptors (Lipinski definition) is 4. The van der Waals surface area contributed by atoms with E-state index in [-0.39, 0.29) is 18.5 Å². The van der Waals surface area contributed by atoms with Crippen LogP contribution in [-0.4, -0.2) is 21.8 Å². The van der Waals surface area contributed by atoms with E-state index in [9.17, 15) is 9.59 Å². The predicted octanol–water partition coefficient (Wildman–Crippen LogP) is 6.61. The molecule has 0 fully saturated rings. The Morgan fingerprint density at radius 3 is 2.23 bits per heavy atom. The van der Waals surface area contributed by atoms with Crippen molar-refractivity contribution < 1.29 is 9.59 Å². The molecule has 0 unspecified atom stereocenters. The van der Waals surface area contributed by atoms with Gasteiger partial charge >= 0.3 is 6.03 Å². The number of urea groups is 1. The van der Waals surface area contributed by atoms with Crippen LogP contribution in [0.2, 0.25) is 10.0 Å². The minimum absolute atomic E-state index is 0.235. The average molecular weight is 525 g/mol. The summed E-state index contributed by atoms with van der Waals surface area (Å²) in [6, 6.07) is 23.9. The number of carbonyl (C=O) groups is 2. The number of aromatic nitrogens is 1. The van der Waals surface area contributed by atoms with Crippen molar-refractivity contribution in [3.63, 3.8) is 0 Å². The number of nitrogens with zero attached hydrogens (tertiary/aromatic N) is 2. The Hall–Kier alpha value is -3.39. The summed E-state index contributed by atoms with van der Waals surface area (Å²) in [5, 5.41) is 8.85. The van der Waals surface area contributed by atoms with Crippen LogP contribution >= 0.6 is 34.5 Å². The van der Waals surface area contributed by atoms with Crippen molar-refractivity contribution >= 4 is 52.2 Å². The van der Waals surface area contributed by atoms with E-state index in [2.05, 4.69) is 15.6 Å². The second-order valence-corrected chi connectivity index (χ2v) is 9.45.